The van der Waals surface area contributed by atoms with Crippen LogP contribution in [0.5, 0.6) is 0 Å². The first-order valence-corrected chi connectivity index (χ1v) is 3.72. The fraction of sp³-hybridized carbons (Fsp3) is 0.714. The van der Waals surface area contributed by atoms with Crippen LogP contribution in [-0.4, -0.2) is 23.3 Å². The molecule has 0 amide bonds. The van der Waals surface area contributed by atoms with Crippen molar-refractivity contribution in [2.75, 3.05) is 13.2 Å². The number of nitroso groups, excluding NO2 is 1. The van der Waals surface area contributed by atoms with Crippen molar-refractivity contribution in [2.24, 2.45) is 5.29 Å². The number of rotatable bonds is 6. The Bertz CT molecular complexity index is 126. The lowest BCUT2D eigenvalue weighted by molar-refractivity contribution is 0.260. The molecule has 0 aromatic heterocycles. The third kappa shape index (κ3) is 5.54. The third-order valence-corrected chi connectivity index (χ3v) is 1.16. The Kier molecular flexibility index (Phi) is 6.62. The van der Waals surface area contributed by atoms with E-state index >= 15 is 0 Å². The van der Waals surface area contributed by atoms with Gasteiger partial charge in [-0.2, -0.15) is 0 Å². The quantitative estimate of drug-likeness (QED) is 0.468. The van der Waals surface area contributed by atoms with E-state index in [0.29, 0.717) is 13.0 Å². The van der Waals surface area contributed by atoms with E-state index in [1.54, 1.807) is 6.20 Å². The van der Waals surface area contributed by atoms with Crippen molar-refractivity contribution in [1.29, 1.82) is 0 Å². The van der Waals surface area contributed by atoms with Crippen molar-refractivity contribution < 1.29 is 5.11 Å². The monoisotopic (exact) mass is 158 g/mol. The second-order valence-corrected chi connectivity index (χ2v) is 2.11. The maximum Gasteiger partial charge on any atom is 0.0568 e. The first kappa shape index (κ1) is 10.1. The summed E-state index contributed by atoms with van der Waals surface area (Å²) in [7, 11) is 0. The summed E-state index contributed by atoms with van der Waals surface area (Å²) in [6.45, 7) is 2.55. The van der Waals surface area contributed by atoms with Crippen molar-refractivity contribution in [3.63, 3.8) is 0 Å². The molecule has 0 aromatic carbocycles. The molecule has 0 saturated heterocycles. The van der Waals surface area contributed by atoms with E-state index in [9.17, 15) is 4.91 Å². The maximum atomic E-state index is 10.1. The molecule has 0 aliphatic heterocycles. The van der Waals surface area contributed by atoms with Crippen molar-refractivity contribution in [3.05, 3.63) is 17.2 Å². The molecule has 1 N–H and O–H groups in total. The zero-order valence-corrected chi connectivity index (χ0v) is 6.73. The minimum absolute atomic E-state index is 0.0893. The lowest BCUT2D eigenvalue weighted by Gasteiger charge is -2.07. The molecule has 0 heterocycles. The van der Waals surface area contributed by atoms with Crippen LogP contribution in [0.25, 0.3) is 0 Å². The average Bonchev–Trinajstić information content (AvgIpc) is 2.05. The smallest absolute Gasteiger partial charge is 0.0568 e. The fourth-order valence-electron chi connectivity index (χ4n) is 0.602. The van der Waals surface area contributed by atoms with Gasteiger partial charge in [0.15, 0.2) is 0 Å². The SMILES string of the molecule is CC/C=C/N(CCCO)N=O. The highest BCUT2D eigenvalue weighted by molar-refractivity contribution is 4.78. The maximum absolute atomic E-state index is 10.1. The number of hydrogen-bond acceptors (Lipinski definition) is 3. The van der Waals surface area contributed by atoms with Crippen LogP contribution in [-0.2, 0) is 0 Å². The Hall–Kier alpha value is -0.900. The van der Waals surface area contributed by atoms with Crippen LogP contribution < -0.4 is 0 Å². The average molecular weight is 158 g/mol. The van der Waals surface area contributed by atoms with Gasteiger partial charge in [0.05, 0.1) is 5.29 Å². The Morgan fingerprint density at radius 2 is 2.36 bits per heavy atom. The number of aliphatic hydroxyl groups is 1. The summed E-state index contributed by atoms with van der Waals surface area (Å²) in [4.78, 5) is 10.1. The first-order chi connectivity index (χ1) is 5.35. The molecule has 4 nitrogen and oxygen atoms in total. The van der Waals surface area contributed by atoms with Gasteiger partial charge in [0.25, 0.3) is 0 Å². The standard InChI is InChI=1S/C7H14N2O2/c1-2-3-5-9(8-11)6-4-7-10/h3,5,10H,2,4,6-7H2,1H3/b5-3+. The van der Waals surface area contributed by atoms with Gasteiger partial charge >= 0.3 is 0 Å². The molecule has 64 valence electrons. The van der Waals surface area contributed by atoms with E-state index in [1.165, 1.54) is 5.01 Å². The Labute approximate surface area is 66.5 Å². The topological polar surface area (TPSA) is 52.9 Å². The van der Waals surface area contributed by atoms with E-state index in [0.717, 1.165) is 6.42 Å². The molecule has 0 aromatic rings. The van der Waals surface area contributed by atoms with E-state index in [-0.39, 0.29) is 6.61 Å². The van der Waals surface area contributed by atoms with Gasteiger partial charge in [-0.15, -0.1) is 4.91 Å². The number of nitrogens with zero attached hydrogens (tertiary/aromatic N) is 2. The van der Waals surface area contributed by atoms with Crippen LogP contribution in [0.15, 0.2) is 17.6 Å². The highest BCUT2D eigenvalue weighted by Gasteiger charge is 1.94. The van der Waals surface area contributed by atoms with E-state index < -0.39 is 0 Å². The third-order valence-electron chi connectivity index (χ3n) is 1.16. The summed E-state index contributed by atoms with van der Waals surface area (Å²) in [5.41, 5.74) is 0. The molecule has 0 radical (unpaired) electrons. The van der Waals surface area contributed by atoms with E-state index in [1.807, 2.05) is 13.0 Å². The first-order valence-electron chi connectivity index (χ1n) is 3.72. The van der Waals surface area contributed by atoms with Crippen molar-refractivity contribution in [2.45, 2.75) is 19.8 Å². The van der Waals surface area contributed by atoms with Gasteiger partial charge in [-0.1, -0.05) is 13.0 Å². The van der Waals surface area contributed by atoms with Crippen LogP contribution in [0.3, 0.4) is 0 Å². The Balaban J connectivity index is 3.57. The van der Waals surface area contributed by atoms with Gasteiger partial charge in [0.1, 0.15) is 0 Å². The molecule has 0 saturated carbocycles. The minimum atomic E-state index is 0.0893. The molecular formula is C7H14N2O2. The largest absolute Gasteiger partial charge is 0.396 e. The zero-order chi connectivity index (χ0) is 8.53. The molecule has 0 fully saturated rings. The lowest BCUT2D eigenvalue weighted by Crippen LogP contribution is -2.11. The minimum Gasteiger partial charge on any atom is -0.396 e. The van der Waals surface area contributed by atoms with E-state index in [2.05, 4.69) is 5.29 Å². The number of aliphatic hydroxyl groups excluding tert-OH is 1. The molecule has 0 aliphatic rings. The predicted molar refractivity (Wildman–Crippen MR) is 43.6 cm³/mol. The summed E-state index contributed by atoms with van der Waals surface area (Å²) >= 11 is 0. The summed E-state index contributed by atoms with van der Waals surface area (Å²) < 4.78 is 0. The second kappa shape index (κ2) is 7.21. The van der Waals surface area contributed by atoms with Crippen LogP contribution in [0.1, 0.15) is 19.8 Å². The van der Waals surface area contributed by atoms with Crippen molar-refractivity contribution >= 4 is 0 Å². The highest BCUT2D eigenvalue weighted by atomic mass is 16.3. The van der Waals surface area contributed by atoms with Crippen molar-refractivity contribution in [3.8, 4) is 0 Å². The summed E-state index contributed by atoms with van der Waals surface area (Å²) in [5, 5.41) is 12.5. The van der Waals surface area contributed by atoms with Gasteiger partial charge in [-0.3, -0.25) is 0 Å². The second-order valence-electron chi connectivity index (χ2n) is 2.11. The lowest BCUT2D eigenvalue weighted by atomic mass is 10.4. The molecule has 0 bridgehead atoms. The number of allylic oxidation sites excluding steroid dienone is 1. The van der Waals surface area contributed by atoms with Gasteiger partial charge < -0.3 is 5.11 Å². The molecule has 0 atom stereocenters. The Morgan fingerprint density at radius 1 is 1.64 bits per heavy atom. The van der Waals surface area contributed by atoms with E-state index in [4.69, 9.17) is 5.11 Å². The zero-order valence-electron chi connectivity index (χ0n) is 6.73. The van der Waals surface area contributed by atoms with Gasteiger partial charge in [-0.25, -0.2) is 5.01 Å². The normalized spacial score (nSPS) is 10.4. The van der Waals surface area contributed by atoms with Gasteiger partial charge in [0.2, 0.25) is 0 Å². The summed E-state index contributed by atoms with van der Waals surface area (Å²) in [5.74, 6) is 0. The van der Waals surface area contributed by atoms with Crippen LogP contribution in [0.2, 0.25) is 0 Å². The molecular weight excluding hydrogens is 144 g/mol. The predicted octanol–water partition coefficient (Wildman–Crippen LogP) is 1.28. The molecule has 0 spiro atoms. The highest BCUT2D eigenvalue weighted by Crippen LogP contribution is 1.94. The van der Waals surface area contributed by atoms with Crippen molar-refractivity contribution in [1.82, 2.24) is 5.01 Å². The molecule has 0 unspecified atom stereocenters. The van der Waals surface area contributed by atoms with Gasteiger partial charge in [-0.05, 0) is 12.8 Å². The molecule has 0 rings (SSSR count). The fourth-order valence-corrected chi connectivity index (χ4v) is 0.602. The van der Waals surface area contributed by atoms with Crippen LogP contribution >= 0.6 is 0 Å². The summed E-state index contributed by atoms with van der Waals surface area (Å²) in [6.07, 6.45) is 4.92. The Morgan fingerprint density at radius 3 is 2.82 bits per heavy atom. The van der Waals surface area contributed by atoms with Crippen LogP contribution in [0, 0.1) is 4.91 Å². The van der Waals surface area contributed by atoms with Gasteiger partial charge in [0, 0.05) is 19.4 Å². The molecule has 0 aliphatic carbocycles. The molecule has 4 heteroatoms. The number of hydrogen-bond donors (Lipinski definition) is 1. The molecule has 11 heavy (non-hydrogen) atoms. The summed E-state index contributed by atoms with van der Waals surface area (Å²) in [6, 6.07) is 0. The van der Waals surface area contributed by atoms with Crippen LogP contribution in [0.4, 0.5) is 0 Å².